The average molecular weight is 534 g/mol. The van der Waals surface area contributed by atoms with Crippen molar-refractivity contribution in [2.24, 2.45) is 4.99 Å². The third-order valence-corrected chi connectivity index (χ3v) is 3.66. The molecule has 30 heavy (non-hydrogen) atoms. The molecular weight excluding hydrogens is 499 g/mol. The number of hydrogen-bond donors (Lipinski definition) is 3. The summed E-state index contributed by atoms with van der Waals surface area (Å²) in [4.78, 5) is 34.1. The molecule has 0 atom stereocenters. The van der Waals surface area contributed by atoms with Crippen molar-refractivity contribution in [3.8, 4) is 0 Å². The molecule has 1 aromatic heterocycles. The van der Waals surface area contributed by atoms with E-state index in [1.807, 2.05) is 45.9 Å². The molecule has 10 heteroatoms. The largest absolute Gasteiger partial charge is 0.444 e. The first-order chi connectivity index (χ1) is 13.7. The summed E-state index contributed by atoms with van der Waals surface area (Å²) in [7, 11) is 1.76. The van der Waals surface area contributed by atoms with Crippen LogP contribution < -0.4 is 16.0 Å². The minimum atomic E-state index is -0.531. The van der Waals surface area contributed by atoms with Gasteiger partial charge in [0.1, 0.15) is 12.1 Å². The standard InChI is InChI=1S/C20H34N6O3.HI/c1-6-21-18(23-12-13-24-19(28)29-20(2,3)4)25-15-17(27)26(5)14-10-16-9-7-8-11-22-16;/h7-9,11H,6,10,12-15H2,1-5H3,(H,24,28)(H2,21,23,25);1H. The molecule has 3 N–H and O–H groups in total. The van der Waals surface area contributed by atoms with Gasteiger partial charge in [-0.1, -0.05) is 6.07 Å². The molecule has 0 aliphatic carbocycles. The first-order valence-electron chi connectivity index (χ1n) is 9.84. The van der Waals surface area contributed by atoms with Gasteiger partial charge in [0.15, 0.2) is 5.96 Å². The first kappa shape index (κ1) is 27.9. The summed E-state index contributed by atoms with van der Waals surface area (Å²) in [6, 6.07) is 5.74. The minimum absolute atomic E-state index is 0. The Morgan fingerprint density at radius 3 is 2.47 bits per heavy atom. The van der Waals surface area contributed by atoms with Crippen molar-refractivity contribution in [1.29, 1.82) is 0 Å². The number of ether oxygens (including phenoxy) is 1. The maximum absolute atomic E-state index is 12.3. The number of nitrogens with zero attached hydrogens (tertiary/aromatic N) is 3. The molecule has 0 bridgehead atoms. The van der Waals surface area contributed by atoms with Crippen LogP contribution in [0.4, 0.5) is 4.79 Å². The van der Waals surface area contributed by atoms with E-state index in [1.54, 1.807) is 18.1 Å². The summed E-state index contributed by atoms with van der Waals surface area (Å²) in [6.45, 7) is 9.47. The number of rotatable bonds is 9. The average Bonchev–Trinajstić information content (AvgIpc) is 2.66. The number of hydrogen-bond acceptors (Lipinski definition) is 5. The van der Waals surface area contributed by atoms with Gasteiger partial charge in [-0.2, -0.15) is 0 Å². The van der Waals surface area contributed by atoms with E-state index in [0.717, 1.165) is 5.69 Å². The molecule has 1 aromatic rings. The number of halogens is 1. The zero-order chi connectivity index (χ0) is 21.7. The van der Waals surface area contributed by atoms with E-state index in [9.17, 15) is 9.59 Å². The number of aromatic nitrogens is 1. The van der Waals surface area contributed by atoms with Crippen molar-refractivity contribution in [2.75, 3.05) is 39.8 Å². The van der Waals surface area contributed by atoms with E-state index in [2.05, 4.69) is 25.9 Å². The van der Waals surface area contributed by atoms with Crippen LogP contribution in [0.3, 0.4) is 0 Å². The lowest BCUT2D eigenvalue weighted by Gasteiger charge is -2.20. The minimum Gasteiger partial charge on any atom is -0.444 e. The predicted molar refractivity (Wildman–Crippen MR) is 129 cm³/mol. The van der Waals surface area contributed by atoms with Gasteiger partial charge in [-0.15, -0.1) is 24.0 Å². The Morgan fingerprint density at radius 1 is 1.17 bits per heavy atom. The fourth-order valence-corrected chi connectivity index (χ4v) is 2.22. The molecule has 0 unspecified atom stereocenters. The number of nitrogens with one attached hydrogen (secondary N) is 3. The molecule has 0 fully saturated rings. The molecule has 0 saturated carbocycles. The van der Waals surface area contributed by atoms with Crippen LogP contribution in [-0.2, 0) is 16.0 Å². The van der Waals surface area contributed by atoms with E-state index in [1.165, 1.54) is 0 Å². The number of amides is 2. The highest BCUT2D eigenvalue weighted by Crippen LogP contribution is 2.06. The Labute approximate surface area is 196 Å². The SMILES string of the molecule is CCNC(=NCC(=O)N(C)CCc1ccccn1)NCCNC(=O)OC(C)(C)C.I. The maximum Gasteiger partial charge on any atom is 0.407 e. The van der Waals surface area contributed by atoms with Crippen LogP contribution in [0.15, 0.2) is 29.4 Å². The number of carbonyl (C=O) groups is 2. The lowest BCUT2D eigenvalue weighted by atomic mass is 10.2. The number of aliphatic imine (C=N–C) groups is 1. The van der Waals surface area contributed by atoms with Crippen molar-refractivity contribution in [2.45, 2.75) is 39.7 Å². The van der Waals surface area contributed by atoms with Crippen LogP contribution in [0.1, 0.15) is 33.4 Å². The van der Waals surface area contributed by atoms with Crippen molar-refractivity contribution >= 4 is 41.9 Å². The van der Waals surface area contributed by atoms with E-state index < -0.39 is 11.7 Å². The monoisotopic (exact) mass is 534 g/mol. The molecule has 0 radical (unpaired) electrons. The van der Waals surface area contributed by atoms with E-state index in [4.69, 9.17) is 4.74 Å². The quantitative estimate of drug-likeness (QED) is 0.193. The van der Waals surface area contributed by atoms with Crippen molar-refractivity contribution in [1.82, 2.24) is 25.8 Å². The summed E-state index contributed by atoms with van der Waals surface area (Å²) in [5.41, 5.74) is 0.416. The fourth-order valence-electron chi connectivity index (χ4n) is 2.22. The van der Waals surface area contributed by atoms with Crippen molar-refractivity contribution in [3.63, 3.8) is 0 Å². The van der Waals surface area contributed by atoms with Gasteiger partial charge in [-0.05, 0) is 39.8 Å². The third kappa shape index (κ3) is 13.2. The molecule has 170 valence electrons. The lowest BCUT2D eigenvalue weighted by Crippen LogP contribution is -2.43. The van der Waals surface area contributed by atoms with Gasteiger partial charge >= 0.3 is 6.09 Å². The van der Waals surface area contributed by atoms with E-state index in [-0.39, 0.29) is 36.4 Å². The molecule has 2 amide bonds. The van der Waals surface area contributed by atoms with Crippen LogP contribution in [0, 0.1) is 0 Å². The highest BCUT2D eigenvalue weighted by molar-refractivity contribution is 14.0. The number of likely N-dealkylation sites (N-methyl/N-ethyl adjacent to an activating group) is 1. The summed E-state index contributed by atoms with van der Waals surface area (Å²) in [6.07, 6.45) is 1.97. The second-order valence-corrected chi connectivity index (χ2v) is 7.44. The molecule has 0 spiro atoms. The number of guanidine groups is 1. The van der Waals surface area contributed by atoms with Crippen molar-refractivity contribution < 1.29 is 14.3 Å². The Kier molecular flexibility index (Phi) is 13.8. The number of pyridine rings is 1. The van der Waals surface area contributed by atoms with Gasteiger partial charge in [-0.3, -0.25) is 9.78 Å². The molecule has 9 nitrogen and oxygen atoms in total. The highest BCUT2D eigenvalue weighted by Gasteiger charge is 2.15. The summed E-state index contributed by atoms with van der Waals surface area (Å²) >= 11 is 0. The van der Waals surface area contributed by atoms with Gasteiger partial charge in [0.25, 0.3) is 0 Å². The van der Waals surface area contributed by atoms with Crippen LogP contribution in [0.25, 0.3) is 0 Å². The summed E-state index contributed by atoms with van der Waals surface area (Å²) in [5, 5.41) is 8.82. The molecule has 0 aliphatic rings. The molecule has 0 saturated heterocycles. The Balaban J connectivity index is 0.00000841. The van der Waals surface area contributed by atoms with Crippen LogP contribution in [0.5, 0.6) is 0 Å². The molecule has 1 rings (SSSR count). The Bertz CT molecular complexity index is 664. The van der Waals surface area contributed by atoms with Crippen molar-refractivity contribution in [3.05, 3.63) is 30.1 Å². The second kappa shape index (κ2) is 14.8. The molecule has 0 aromatic carbocycles. The van der Waals surface area contributed by atoms with E-state index in [0.29, 0.717) is 38.6 Å². The van der Waals surface area contributed by atoms with Crippen LogP contribution in [0.2, 0.25) is 0 Å². The number of alkyl carbamates (subject to hydrolysis) is 1. The summed E-state index contributed by atoms with van der Waals surface area (Å²) in [5.74, 6) is 0.440. The Hall–Kier alpha value is -2.11. The smallest absolute Gasteiger partial charge is 0.407 e. The van der Waals surface area contributed by atoms with Gasteiger partial charge < -0.3 is 25.6 Å². The third-order valence-electron chi connectivity index (χ3n) is 3.66. The van der Waals surface area contributed by atoms with Gasteiger partial charge in [-0.25, -0.2) is 9.79 Å². The van der Waals surface area contributed by atoms with Gasteiger partial charge in [0, 0.05) is 51.5 Å². The molecular formula is C20H35IN6O3. The first-order valence-corrected chi connectivity index (χ1v) is 9.84. The maximum atomic E-state index is 12.3. The number of carbonyl (C=O) groups excluding carboxylic acids is 2. The topological polar surface area (TPSA) is 108 Å². The van der Waals surface area contributed by atoms with Gasteiger partial charge in [0.05, 0.1) is 0 Å². The fraction of sp³-hybridized carbons (Fsp3) is 0.600. The van der Waals surface area contributed by atoms with Crippen LogP contribution in [-0.4, -0.2) is 73.2 Å². The zero-order valence-corrected chi connectivity index (χ0v) is 20.9. The molecule has 0 aliphatic heterocycles. The normalized spacial score (nSPS) is 11.2. The zero-order valence-electron chi connectivity index (χ0n) is 18.5. The predicted octanol–water partition coefficient (Wildman–Crippen LogP) is 1.78. The summed E-state index contributed by atoms with van der Waals surface area (Å²) < 4.78 is 5.17. The lowest BCUT2D eigenvalue weighted by molar-refractivity contribution is -0.128. The van der Waals surface area contributed by atoms with Crippen LogP contribution >= 0.6 is 24.0 Å². The van der Waals surface area contributed by atoms with E-state index >= 15 is 0 Å². The Morgan fingerprint density at radius 2 is 1.87 bits per heavy atom. The second-order valence-electron chi connectivity index (χ2n) is 7.44. The van der Waals surface area contributed by atoms with Gasteiger partial charge in [0.2, 0.25) is 5.91 Å². The highest BCUT2D eigenvalue weighted by atomic mass is 127. The molecule has 1 heterocycles.